The molecule has 1 aromatic carbocycles. The summed E-state index contributed by atoms with van der Waals surface area (Å²) in [5.74, 6) is -0.0694. The van der Waals surface area contributed by atoms with Gasteiger partial charge in [-0.3, -0.25) is 4.79 Å². The molecule has 1 N–H and O–H groups in total. The zero-order valence-electron chi connectivity index (χ0n) is 8.60. The topological polar surface area (TPSA) is 29.1 Å². The maximum absolute atomic E-state index is 11.7. The molecule has 2 nitrogen and oxygen atoms in total. The lowest BCUT2D eigenvalue weighted by molar-refractivity contribution is 0.0942. The van der Waals surface area contributed by atoms with Crippen molar-refractivity contribution in [1.82, 2.24) is 5.32 Å². The van der Waals surface area contributed by atoms with Crippen LogP contribution in [0.4, 0.5) is 0 Å². The summed E-state index contributed by atoms with van der Waals surface area (Å²) in [6, 6.07) is 5.48. The minimum absolute atomic E-state index is 0.0694. The van der Waals surface area contributed by atoms with Crippen LogP contribution < -0.4 is 5.32 Å². The van der Waals surface area contributed by atoms with Crippen molar-refractivity contribution in [3.8, 4) is 0 Å². The normalized spacial score (nSPS) is 10.4. The first-order chi connectivity index (χ1) is 6.52. The molecule has 0 aliphatic heterocycles. The molecule has 0 fully saturated rings. The lowest BCUT2D eigenvalue weighted by Gasteiger charge is -2.10. The van der Waals surface area contributed by atoms with Crippen LogP contribution >= 0.6 is 11.6 Å². The van der Waals surface area contributed by atoms with Crippen LogP contribution in [0, 0.1) is 6.92 Å². The quantitative estimate of drug-likeness (QED) is 0.801. The summed E-state index contributed by atoms with van der Waals surface area (Å²) >= 11 is 5.91. The molecule has 14 heavy (non-hydrogen) atoms. The Hall–Kier alpha value is -1.02. The fraction of sp³-hybridized carbons (Fsp3) is 0.364. The molecular formula is C11H14ClNO. The van der Waals surface area contributed by atoms with E-state index in [1.165, 1.54) is 0 Å². The van der Waals surface area contributed by atoms with Crippen LogP contribution in [0.1, 0.15) is 29.8 Å². The lowest BCUT2D eigenvalue weighted by Crippen LogP contribution is -2.30. The third-order valence-electron chi connectivity index (χ3n) is 1.93. The lowest BCUT2D eigenvalue weighted by atomic mass is 10.1. The Kier molecular flexibility index (Phi) is 3.53. The smallest absolute Gasteiger partial charge is 0.251 e. The van der Waals surface area contributed by atoms with Gasteiger partial charge in [0.2, 0.25) is 0 Å². The van der Waals surface area contributed by atoms with Crippen LogP contribution in [0.25, 0.3) is 0 Å². The van der Waals surface area contributed by atoms with Crippen molar-refractivity contribution in [1.29, 1.82) is 0 Å². The number of benzene rings is 1. The maximum Gasteiger partial charge on any atom is 0.251 e. The molecule has 0 radical (unpaired) electrons. The Morgan fingerprint density at radius 3 is 2.64 bits per heavy atom. The minimum Gasteiger partial charge on any atom is -0.350 e. The molecule has 0 spiro atoms. The highest BCUT2D eigenvalue weighted by molar-refractivity contribution is 6.31. The average Bonchev–Trinajstić information content (AvgIpc) is 2.08. The first-order valence-corrected chi connectivity index (χ1v) is 4.96. The van der Waals surface area contributed by atoms with E-state index in [1.807, 2.05) is 20.8 Å². The fourth-order valence-electron chi connectivity index (χ4n) is 1.19. The van der Waals surface area contributed by atoms with Crippen LogP contribution in [0.2, 0.25) is 5.02 Å². The molecule has 3 heteroatoms. The zero-order chi connectivity index (χ0) is 10.7. The third kappa shape index (κ3) is 2.48. The van der Waals surface area contributed by atoms with E-state index >= 15 is 0 Å². The Morgan fingerprint density at radius 1 is 1.43 bits per heavy atom. The van der Waals surface area contributed by atoms with Gasteiger partial charge in [0.15, 0.2) is 0 Å². The Balaban J connectivity index is 2.96. The van der Waals surface area contributed by atoms with Gasteiger partial charge in [0.05, 0.1) is 0 Å². The van der Waals surface area contributed by atoms with Gasteiger partial charge in [-0.05, 0) is 38.5 Å². The van der Waals surface area contributed by atoms with Gasteiger partial charge in [0.1, 0.15) is 0 Å². The van der Waals surface area contributed by atoms with E-state index in [0.29, 0.717) is 10.6 Å². The number of halogens is 1. The second-order valence-corrected chi connectivity index (χ2v) is 3.95. The molecule has 1 amide bonds. The summed E-state index contributed by atoms with van der Waals surface area (Å²) < 4.78 is 0. The van der Waals surface area contributed by atoms with Crippen LogP contribution in [-0.2, 0) is 0 Å². The van der Waals surface area contributed by atoms with Crippen LogP contribution in [-0.4, -0.2) is 11.9 Å². The second-order valence-electron chi connectivity index (χ2n) is 3.54. The van der Waals surface area contributed by atoms with E-state index in [1.54, 1.807) is 18.2 Å². The van der Waals surface area contributed by atoms with Gasteiger partial charge in [-0.2, -0.15) is 0 Å². The van der Waals surface area contributed by atoms with Crippen LogP contribution in [0.5, 0.6) is 0 Å². The van der Waals surface area contributed by atoms with Gasteiger partial charge in [-0.1, -0.05) is 17.7 Å². The molecular weight excluding hydrogens is 198 g/mol. The molecule has 76 valence electrons. The zero-order valence-corrected chi connectivity index (χ0v) is 9.35. The van der Waals surface area contributed by atoms with Crippen molar-refractivity contribution in [2.24, 2.45) is 0 Å². The van der Waals surface area contributed by atoms with E-state index in [4.69, 9.17) is 11.6 Å². The van der Waals surface area contributed by atoms with Crippen molar-refractivity contribution in [3.05, 3.63) is 34.3 Å². The SMILES string of the molecule is Cc1c(Cl)cccc1C(=O)NC(C)C. The number of carbonyl (C=O) groups is 1. The van der Waals surface area contributed by atoms with Gasteiger partial charge in [-0.25, -0.2) is 0 Å². The Morgan fingerprint density at radius 2 is 2.07 bits per heavy atom. The average molecular weight is 212 g/mol. The van der Waals surface area contributed by atoms with Gasteiger partial charge in [0.25, 0.3) is 5.91 Å². The van der Waals surface area contributed by atoms with Crippen molar-refractivity contribution in [2.45, 2.75) is 26.8 Å². The summed E-state index contributed by atoms with van der Waals surface area (Å²) in [6.07, 6.45) is 0. The molecule has 0 unspecified atom stereocenters. The van der Waals surface area contributed by atoms with Crippen LogP contribution in [0.15, 0.2) is 18.2 Å². The molecule has 0 aromatic heterocycles. The van der Waals surface area contributed by atoms with E-state index in [2.05, 4.69) is 5.32 Å². The number of nitrogens with one attached hydrogen (secondary N) is 1. The number of amides is 1. The Bertz CT molecular complexity index is 347. The predicted molar refractivity (Wildman–Crippen MR) is 58.8 cm³/mol. The summed E-state index contributed by atoms with van der Waals surface area (Å²) in [5, 5.41) is 3.46. The number of rotatable bonds is 2. The molecule has 1 rings (SSSR count). The van der Waals surface area contributed by atoms with Crippen molar-refractivity contribution in [3.63, 3.8) is 0 Å². The van der Waals surface area contributed by atoms with E-state index in [0.717, 1.165) is 5.56 Å². The molecule has 1 aromatic rings. The molecule has 0 saturated carbocycles. The first kappa shape index (κ1) is 11.1. The maximum atomic E-state index is 11.7. The van der Waals surface area contributed by atoms with Crippen molar-refractivity contribution >= 4 is 17.5 Å². The molecule has 0 bridgehead atoms. The largest absolute Gasteiger partial charge is 0.350 e. The standard InChI is InChI=1S/C11H14ClNO/c1-7(2)13-11(14)9-5-4-6-10(12)8(9)3/h4-7H,1-3H3,(H,13,14). The highest BCUT2D eigenvalue weighted by Gasteiger charge is 2.10. The van der Waals surface area contributed by atoms with Crippen LogP contribution in [0.3, 0.4) is 0 Å². The second kappa shape index (κ2) is 4.47. The van der Waals surface area contributed by atoms with E-state index in [9.17, 15) is 4.79 Å². The Labute approximate surface area is 89.3 Å². The summed E-state index contributed by atoms with van der Waals surface area (Å²) in [5.41, 5.74) is 1.47. The van der Waals surface area contributed by atoms with Gasteiger partial charge in [0, 0.05) is 16.6 Å². The predicted octanol–water partition coefficient (Wildman–Crippen LogP) is 2.79. The molecule has 0 aliphatic carbocycles. The number of carbonyl (C=O) groups excluding carboxylic acids is 1. The van der Waals surface area contributed by atoms with E-state index < -0.39 is 0 Å². The van der Waals surface area contributed by atoms with Gasteiger partial charge in [-0.15, -0.1) is 0 Å². The molecule has 0 saturated heterocycles. The summed E-state index contributed by atoms with van der Waals surface area (Å²) in [7, 11) is 0. The third-order valence-corrected chi connectivity index (χ3v) is 2.34. The first-order valence-electron chi connectivity index (χ1n) is 4.58. The number of hydrogen-bond donors (Lipinski definition) is 1. The molecule has 0 atom stereocenters. The van der Waals surface area contributed by atoms with Gasteiger partial charge < -0.3 is 5.32 Å². The molecule has 0 heterocycles. The fourth-order valence-corrected chi connectivity index (χ4v) is 1.37. The van der Waals surface area contributed by atoms with Gasteiger partial charge >= 0.3 is 0 Å². The van der Waals surface area contributed by atoms with Crippen molar-refractivity contribution < 1.29 is 4.79 Å². The monoisotopic (exact) mass is 211 g/mol. The minimum atomic E-state index is -0.0694. The summed E-state index contributed by atoms with van der Waals surface area (Å²) in [6.45, 7) is 5.70. The van der Waals surface area contributed by atoms with E-state index in [-0.39, 0.29) is 11.9 Å². The van der Waals surface area contributed by atoms with Crippen molar-refractivity contribution in [2.75, 3.05) is 0 Å². The highest BCUT2D eigenvalue weighted by atomic mass is 35.5. The molecule has 0 aliphatic rings. The summed E-state index contributed by atoms with van der Waals surface area (Å²) in [4.78, 5) is 11.7. The highest BCUT2D eigenvalue weighted by Crippen LogP contribution is 2.18. The number of hydrogen-bond acceptors (Lipinski definition) is 1.